The number of hydrogen-bond acceptors (Lipinski definition) is 6. The van der Waals surface area contributed by atoms with E-state index in [0.29, 0.717) is 23.0 Å². The van der Waals surface area contributed by atoms with Crippen LogP contribution in [0, 0.1) is 0 Å². The summed E-state index contributed by atoms with van der Waals surface area (Å²) >= 11 is 0. The average Bonchev–Trinajstić information content (AvgIpc) is 3.21. The van der Waals surface area contributed by atoms with Crippen LogP contribution in [-0.4, -0.2) is 18.6 Å². The Hall–Kier alpha value is -3.61. The molecule has 7 nitrogen and oxygen atoms in total. The third-order valence-electron chi connectivity index (χ3n) is 4.69. The highest BCUT2D eigenvalue weighted by atomic mass is 16.6. The standard InChI is InChI=1S/C22H19NO6/c24-20(12-23-22(26)27-13-14-5-2-1-3-6-14)28-15-9-10-19-17(11-15)21(25)16-7-4-8-18(16)29-19/h1-3,5-6,9-11H,4,7-8,12-13H2,(H,23,26). The largest absolute Gasteiger partial charge is 0.461 e. The van der Waals surface area contributed by atoms with Gasteiger partial charge in [-0.1, -0.05) is 30.3 Å². The summed E-state index contributed by atoms with van der Waals surface area (Å²) in [7, 11) is 0. The molecular weight excluding hydrogens is 374 g/mol. The van der Waals surface area contributed by atoms with Crippen LogP contribution in [-0.2, 0) is 29.0 Å². The summed E-state index contributed by atoms with van der Waals surface area (Å²) in [6.07, 6.45) is 1.65. The van der Waals surface area contributed by atoms with Gasteiger partial charge >= 0.3 is 12.1 Å². The van der Waals surface area contributed by atoms with Gasteiger partial charge in [-0.15, -0.1) is 0 Å². The molecule has 0 radical (unpaired) electrons. The number of carbonyl (C=O) groups is 2. The number of rotatable bonds is 5. The minimum Gasteiger partial charge on any atom is -0.461 e. The van der Waals surface area contributed by atoms with Crippen LogP contribution in [0.25, 0.3) is 11.0 Å². The molecule has 148 valence electrons. The lowest BCUT2D eigenvalue weighted by Crippen LogP contribution is -2.32. The Balaban J connectivity index is 1.34. The number of alkyl carbamates (subject to hydrolysis) is 1. The molecule has 4 rings (SSSR count). The van der Waals surface area contributed by atoms with Crippen LogP contribution in [0.3, 0.4) is 0 Å². The van der Waals surface area contributed by atoms with Crippen molar-refractivity contribution < 1.29 is 23.5 Å². The first-order valence-electron chi connectivity index (χ1n) is 9.34. The Bertz CT molecular complexity index is 1120. The zero-order chi connectivity index (χ0) is 20.2. The van der Waals surface area contributed by atoms with E-state index in [1.54, 1.807) is 12.1 Å². The average molecular weight is 393 g/mol. The van der Waals surface area contributed by atoms with Crippen LogP contribution >= 0.6 is 0 Å². The summed E-state index contributed by atoms with van der Waals surface area (Å²) in [6.45, 7) is -0.253. The van der Waals surface area contributed by atoms with Crippen LogP contribution in [0.2, 0.25) is 0 Å². The van der Waals surface area contributed by atoms with Gasteiger partial charge in [-0.25, -0.2) is 9.59 Å². The number of nitrogens with one attached hydrogen (secondary N) is 1. The van der Waals surface area contributed by atoms with E-state index in [-0.39, 0.29) is 24.3 Å². The molecule has 1 aliphatic rings. The monoisotopic (exact) mass is 393 g/mol. The molecule has 1 N–H and O–H groups in total. The van der Waals surface area contributed by atoms with Gasteiger partial charge in [0.2, 0.25) is 0 Å². The van der Waals surface area contributed by atoms with Crippen molar-refractivity contribution in [2.24, 2.45) is 0 Å². The predicted octanol–water partition coefficient (Wildman–Crippen LogP) is 3.11. The fraction of sp³-hybridized carbons (Fsp3) is 0.227. The van der Waals surface area contributed by atoms with E-state index in [4.69, 9.17) is 13.9 Å². The van der Waals surface area contributed by atoms with E-state index in [2.05, 4.69) is 5.32 Å². The Labute approximate surface area is 166 Å². The van der Waals surface area contributed by atoms with Gasteiger partial charge in [-0.2, -0.15) is 0 Å². The molecule has 7 heteroatoms. The lowest BCUT2D eigenvalue weighted by Gasteiger charge is -2.08. The normalized spacial score (nSPS) is 12.4. The zero-order valence-corrected chi connectivity index (χ0v) is 15.6. The molecule has 1 aliphatic carbocycles. The van der Waals surface area contributed by atoms with Gasteiger partial charge in [0, 0.05) is 12.0 Å². The van der Waals surface area contributed by atoms with E-state index >= 15 is 0 Å². The van der Waals surface area contributed by atoms with E-state index in [9.17, 15) is 14.4 Å². The van der Waals surface area contributed by atoms with Crippen molar-refractivity contribution in [1.29, 1.82) is 0 Å². The first-order valence-corrected chi connectivity index (χ1v) is 9.34. The number of carbonyl (C=O) groups excluding carboxylic acids is 2. The molecule has 0 unspecified atom stereocenters. The number of hydrogen-bond donors (Lipinski definition) is 1. The first-order chi connectivity index (χ1) is 14.1. The minimum absolute atomic E-state index is 0.0840. The summed E-state index contributed by atoms with van der Waals surface area (Å²) in [5.41, 5.74) is 1.92. The van der Waals surface area contributed by atoms with Crippen molar-refractivity contribution in [1.82, 2.24) is 5.32 Å². The highest BCUT2D eigenvalue weighted by molar-refractivity contribution is 5.82. The van der Waals surface area contributed by atoms with Crippen LogP contribution in [0.4, 0.5) is 4.79 Å². The molecule has 2 aromatic carbocycles. The Kier molecular flexibility index (Phi) is 5.29. The molecule has 0 saturated heterocycles. The third-order valence-corrected chi connectivity index (χ3v) is 4.69. The Morgan fingerprint density at radius 1 is 1.07 bits per heavy atom. The SMILES string of the molecule is O=C(CNC(=O)OCc1ccccc1)Oc1ccc2oc3c(c(=O)c2c1)CCC3. The zero-order valence-electron chi connectivity index (χ0n) is 15.6. The predicted molar refractivity (Wildman–Crippen MR) is 105 cm³/mol. The number of aryl methyl sites for hydroxylation is 1. The quantitative estimate of drug-likeness (QED) is 0.529. The summed E-state index contributed by atoms with van der Waals surface area (Å²) < 4.78 is 16.0. The molecule has 0 saturated carbocycles. The summed E-state index contributed by atoms with van der Waals surface area (Å²) in [4.78, 5) is 36.3. The van der Waals surface area contributed by atoms with Crippen molar-refractivity contribution >= 4 is 23.0 Å². The van der Waals surface area contributed by atoms with E-state index in [1.165, 1.54) is 6.07 Å². The molecule has 0 atom stereocenters. The maximum Gasteiger partial charge on any atom is 0.407 e. The number of fused-ring (bicyclic) bond motifs is 2. The van der Waals surface area contributed by atoms with Crippen LogP contribution < -0.4 is 15.5 Å². The summed E-state index contributed by atoms with van der Waals surface area (Å²) in [5.74, 6) is 0.282. The van der Waals surface area contributed by atoms with Gasteiger partial charge in [0.15, 0.2) is 5.43 Å². The van der Waals surface area contributed by atoms with Gasteiger partial charge in [-0.3, -0.25) is 4.79 Å². The van der Waals surface area contributed by atoms with Crippen LogP contribution in [0.15, 0.2) is 57.7 Å². The number of ether oxygens (including phenoxy) is 2. The van der Waals surface area contributed by atoms with Crippen molar-refractivity contribution in [2.45, 2.75) is 25.9 Å². The molecule has 0 spiro atoms. The molecule has 29 heavy (non-hydrogen) atoms. The molecular formula is C22H19NO6. The van der Waals surface area contributed by atoms with Gasteiger partial charge in [0.05, 0.1) is 5.39 Å². The highest BCUT2D eigenvalue weighted by Crippen LogP contribution is 2.25. The topological polar surface area (TPSA) is 94.8 Å². The van der Waals surface area contributed by atoms with Crippen molar-refractivity contribution in [3.8, 4) is 5.75 Å². The van der Waals surface area contributed by atoms with Crippen molar-refractivity contribution in [2.75, 3.05) is 6.54 Å². The molecule has 1 amide bonds. The molecule has 3 aromatic rings. The molecule has 0 fully saturated rings. The van der Waals surface area contributed by atoms with Crippen LogP contribution in [0.1, 0.15) is 23.3 Å². The van der Waals surface area contributed by atoms with E-state index in [1.807, 2.05) is 30.3 Å². The molecule has 1 heterocycles. The number of amides is 1. The van der Waals surface area contributed by atoms with Gasteiger partial charge in [0.25, 0.3) is 0 Å². The molecule has 1 aromatic heterocycles. The van der Waals surface area contributed by atoms with Gasteiger partial charge in [-0.05, 0) is 36.6 Å². The number of esters is 1. The van der Waals surface area contributed by atoms with Crippen LogP contribution in [0.5, 0.6) is 5.75 Å². The third kappa shape index (κ3) is 4.29. The molecule has 0 bridgehead atoms. The lowest BCUT2D eigenvalue weighted by molar-refractivity contribution is -0.133. The maximum atomic E-state index is 12.6. The second-order valence-corrected chi connectivity index (χ2v) is 6.73. The van der Waals surface area contributed by atoms with Gasteiger partial charge < -0.3 is 19.2 Å². The maximum absolute atomic E-state index is 12.6. The molecule has 0 aliphatic heterocycles. The number of benzene rings is 2. The second kappa shape index (κ2) is 8.18. The summed E-state index contributed by atoms with van der Waals surface area (Å²) in [5, 5.41) is 2.72. The van der Waals surface area contributed by atoms with E-state index < -0.39 is 12.1 Å². The first kappa shape index (κ1) is 18.7. The minimum atomic E-state index is -0.722. The Morgan fingerprint density at radius 2 is 1.90 bits per heavy atom. The van der Waals surface area contributed by atoms with Crippen molar-refractivity contribution in [3.63, 3.8) is 0 Å². The van der Waals surface area contributed by atoms with Gasteiger partial charge in [0.1, 0.15) is 30.2 Å². The fourth-order valence-electron chi connectivity index (χ4n) is 3.29. The smallest absolute Gasteiger partial charge is 0.407 e. The summed E-state index contributed by atoms with van der Waals surface area (Å²) in [6, 6.07) is 13.9. The lowest BCUT2D eigenvalue weighted by atomic mass is 10.1. The fourth-order valence-corrected chi connectivity index (χ4v) is 3.29. The van der Waals surface area contributed by atoms with E-state index in [0.717, 1.165) is 24.2 Å². The second-order valence-electron chi connectivity index (χ2n) is 6.73. The Morgan fingerprint density at radius 3 is 2.72 bits per heavy atom. The highest BCUT2D eigenvalue weighted by Gasteiger charge is 2.20. The van der Waals surface area contributed by atoms with Crippen molar-refractivity contribution in [3.05, 3.63) is 75.6 Å².